The number of hydrogen-bond acceptors (Lipinski definition) is 3. The molecular formula is C20H21NO3. The highest BCUT2D eigenvalue weighted by Gasteiger charge is 2.12. The first-order valence-electron chi connectivity index (χ1n) is 8.03. The van der Waals surface area contributed by atoms with E-state index in [-0.39, 0.29) is 12.7 Å². The van der Waals surface area contributed by atoms with Crippen LogP contribution in [0.15, 0.2) is 42.5 Å². The summed E-state index contributed by atoms with van der Waals surface area (Å²) in [5.74, 6) is 1.46. The van der Waals surface area contributed by atoms with Gasteiger partial charge in [-0.05, 0) is 55.2 Å². The Hall–Kier alpha value is -2.75. The molecule has 1 amide bonds. The van der Waals surface area contributed by atoms with E-state index in [9.17, 15) is 4.79 Å². The van der Waals surface area contributed by atoms with E-state index >= 15 is 0 Å². The van der Waals surface area contributed by atoms with Crippen LogP contribution in [0.2, 0.25) is 0 Å². The van der Waals surface area contributed by atoms with Gasteiger partial charge in [-0.25, -0.2) is 0 Å². The number of carbonyl (C=O) groups is 1. The molecule has 0 saturated heterocycles. The molecule has 0 radical (unpaired) electrons. The molecule has 1 heterocycles. The lowest BCUT2D eigenvalue weighted by molar-refractivity contribution is -0.116. The average Bonchev–Trinajstić information content (AvgIpc) is 3.02. The predicted octanol–water partition coefficient (Wildman–Crippen LogP) is 3.40. The van der Waals surface area contributed by atoms with E-state index in [1.165, 1.54) is 11.1 Å². The molecule has 3 rings (SSSR count). The molecule has 2 aromatic rings. The second-order valence-electron chi connectivity index (χ2n) is 5.92. The normalized spacial score (nSPS) is 12.6. The van der Waals surface area contributed by atoms with Crippen molar-refractivity contribution in [2.24, 2.45) is 0 Å². The number of nitrogens with one attached hydrogen (secondary N) is 1. The number of aryl methyl sites for hydroxylation is 2. The lowest BCUT2D eigenvalue weighted by Gasteiger charge is -2.05. The smallest absolute Gasteiger partial charge is 0.244 e. The molecule has 1 aliphatic rings. The molecular weight excluding hydrogens is 302 g/mol. The van der Waals surface area contributed by atoms with Crippen molar-refractivity contribution in [3.05, 3.63) is 64.7 Å². The fourth-order valence-corrected chi connectivity index (χ4v) is 2.66. The minimum absolute atomic E-state index is 0.0873. The Bertz CT molecular complexity index is 780. The van der Waals surface area contributed by atoms with Gasteiger partial charge in [0.1, 0.15) is 0 Å². The van der Waals surface area contributed by atoms with Gasteiger partial charge in [0.2, 0.25) is 12.7 Å². The maximum atomic E-state index is 11.9. The van der Waals surface area contributed by atoms with Crippen molar-refractivity contribution < 1.29 is 14.3 Å². The Morgan fingerprint density at radius 3 is 2.79 bits per heavy atom. The van der Waals surface area contributed by atoms with Gasteiger partial charge >= 0.3 is 0 Å². The van der Waals surface area contributed by atoms with E-state index in [1.807, 2.05) is 43.3 Å². The summed E-state index contributed by atoms with van der Waals surface area (Å²) in [6, 6.07) is 12.0. The molecule has 0 bridgehead atoms. The summed E-state index contributed by atoms with van der Waals surface area (Å²) in [6.45, 7) is 4.96. The summed E-state index contributed by atoms with van der Waals surface area (Å²) < 4.78 is 10.6. The van der Waals surface area contributed by atoms with Crippen LogP contribution in [0, 0.1) is 13.8 Å². The van der Waals surface area contributed by atoms with Crippen molar-refractivity contribution in [1.29, 1.82) is 0 Å². The van der Waals surface area contributed by atoms with Crippen LogP contribution in [-0.2, 0) is 11.2 Å². The molecule has 1 aliphatic heterocycles. The van der Waals surface area contributed by atoms with Crippen molar-refractivity contribution >= 4 is 12.0 Å². The zero-order valence-corrected chi connectivity index (χ0v) is 14.0. The Kier molecular flexibility index (Phi) is 4.85. The first-order chi connectivity index (χ1) is 11.6. The first kappa shape index (κ1) is 16.1. The van der Waals surface area contributed by atoms with Crippen LogP contribution in [0.1, 0.15) is 22.3 Å². The Labute approximate surface area is 142 Å². The maximum absolute atomic E-state index is 11.9. The number of hydrogen-bond donors (Lipinski definition) is 1. The number of ether oxygens (including phenoxy) is 2. The van der Waals surface area contributed by atoms with Crippen molar-refractivity contribution in [3.63, 3.8) is 0 Å². The molecule has 0 aromatic heterocycles. The SMILES string of the molecule is Cc1ccc(C=CC(=O)NCCc2ccc3c(c2)OCO3)c(C)c1. The van der Waals surface area contributed by atoms with Crippen molar-refractivity contribution in [2.45, 2.75) is 20.3 Å². The fraction of sp³-hybridized carbons (Fsp3) is 0.250. The third kappa shape index (κ3) is 3.96. The monoisotopic (exact) mass is 323 g/mol. The minimum Gasteiger partial charge on any atom is -0.454 e. The third-order valence-corrected chi connectivity index (χ3v) is 3.99. The highest BCUT2D eigenvalue weighted by atomic mass is 16.7. The highest BCUT2D eigenvalue weighted by molar-refractivity contribution is 5.91. The van der Waals surface area contributed by atoms with Crippen LogP contribution in [0.5, 0.6) is 11.5 Å². The molecule has 0 aliphatic carbocycles. The van der Waals surface area contributed by atoms with Crippen LogP contribution < -0.4 is 14.8 Å². The molecule has 0 spiro atoms. The van der Waals surface area contributed by atoms with Gasteiger partial charge in [-0.3, -0.25) is 4.79 Å². The number of amides is 1. The number of carbonyl (C=O) groups excluding carboxylic acids is 1. The summed E-state index contributed by atoms with van der Waals surface area (Å²) in [6.07, 6.45) is 4.18. The van der Waals surface area contributed by atoms with Gasteiger partial charge in [-0.2, -0.15) is 0 Å². The Morgan fingerprint density at radius 1 is 1.12 bits per heavy atom. The van der Waals surface area contributed by atoms with Gasteiger partial charge < -0.3 is 14.8 Å². The number of fused-ring (bicyclic) bond motifs is 1. The topological polar surface area (TPSA) is 47.6 Å². The third-order valence-electron chi connectivity index (χ3n) is 3.99. The number of rotatable bonds is 5. The van der Waals surface area contributed by atoms with Gasteiger partial charge in [0.15, 0.2) is 11.5 Å². The molecule has 4 heteroatoms. The summed E-state index contributed by atoms with van der Waals surface area (Å²) >= 11 is 0. The standard InChI is InChI=1S/C20H21NO3/c1-14-3-5-17(15(2)11-14)6-8-20(22)21-10-9-16-4-7-18-19(12-16)24-13-23-18/h3-8,11-12H,9-10,13H2,1-2H3,(H,21,22). The van der Waals surface area contributed by atoms with Gasteiger partial charge in [-0.15, -0.1) is 0 Å². The predicted molar refractivity (Wildman–Crippen MR) is 94.2 cm³/mol. The Morgan fingerprint density at radius 2 is 1.96 bits per heavy atom. The van der Waals surface area contributed by atoms with Crippen molar-refractivity contribution in [1.82, 2.24) is 5.32 Å². The van der Waals surface area contributed by atoms with Gasteiger partial charge in [-0.1, -0.05) is 29.8 Å². The van der Waals surface area contributed by atoms with E-state index in [4.69, 9.17) is 9.47 Å². The first-order valence-corrected chi connectivity index (χ1v) is 8.03. The molecule has 4 nitrogen and oxygen atoms in total. The molecule has 24 heavy (non-hydrogen) atoms. The number of benzene rings is 2. The van der Waals surface area contributed by atoms with Crippen LogP contribution in [0.3, 0.4) is 0 Å². The molecule has 0 saturated carbocycles. The molecule has 0 fully saturated rings. The molecule has 1 N–H and O–H groups in total. The van der Waals surface area contributed by atoms with Gasteiger partial charge in [0.05, 0.1) is 0 Å². The molecule has 0 unspecified atom stereocenters. The van der Waals surface area contributed by atoms with Crippen LogP contribution in [-0.4, -0.2) is 19.2 Å². The summed E-state index contributed by atoms with van der Waals surface area (Å²) in [5.41, 5.74) is 4.56. The van der Waals surface area contributed by atoms with Crippen LogP contribution in [0.4, 0.5) is 0 Å². The van der Waals surface area contributed by atoms with Crippen LogP contribution >= 0.6 is 0 Å². The van der Waals surface area contributed by atoms with Crippen molar-refractivity contribution in [2.75, 3.05) is 13.3 Å². The van der Waals surface area contributed by atoms with Gasteiger partial charge in [0, 0.05) is 12.6 Å². The van der Waals surface area contributed by atoms with E-state index in [1.54, 1.807) is 6.08 Å². The zero-order valence-electron chi connectivity index (χ0n) is 14.0. The average molecular weight is 323 g/mol. The van der Waals surface area contributed by atoms with Crippen molar-refractivity contribution in [3.8, 4) is 11.5 Å². The fourth-order valence-electron chi connectivity index (χ4n) is 2.66. The second kappa shape index (κ2) is 7.21. The second-order valence-corrected chi connectivity index (χ2v) is 5.92. The van der Waals surface area contributed by atoms with Crippen LogP contribution in [0.25, 0.3) is 6.08 Å². The quantitative estimate of drug-likeness (QED) is 0.858. The summed E-state index contributed by atoms with van der Waals surface area (Å²) in [5, 5.41) is 2.90. The molecule has 124 valence electrons. The summed E-state index contributed by atoms with van der Waals surface area (Å²) in [4.78, 5) is 11.9. The largest absolute Gasteiger partial charge is 0.454 e. The van der Waals surface area contributed by atoms with Gasteiger partial charge in [0.25, 0.3) is 0 Å². The van der Waals surface area contributed by atoms with E-state index in [0.717, 1.165) is 29.0 Å². The summed E-state index contributed by atoms with van der Waals surface area (Å²) in [7, 11) is 0. The Balaban J connectivity index is 1.49. The maximum Gasteiger partial charge on any atom is 0.244 e. The lowest BCUT2D eigenvalue weighted by atomic mass is 10.1. The van der Waals surface area contributed by atoms with E-state index in [0.29, 0.717) is 6.54 Å². The van der Waals surface area contributed by atoms with E-state index < -0.39 is 0 Å². The minimum atomic E-state index is -0.0873. The lowest BCUT2D eigenvalue weighted by Crippen LogP contribution is -2.23. The molecule has 0 atom stereocenters. The zero-order chi connectivity index (χ0) is 16.9. The highest BCUT2D eigenvalue weighted by Crippen LogP contribution is 2.32. The molecule has 2 aromatic carbocycles. The van der Waals surface area contributed by atoms with E-state index in [2.05, 4.69) is 18.3 Å².